The quantitative estimate of drug-likeness (QED) is 0.176. The molecule has 42 heavy (non-hydrogen) atoms. The fourth-order valence-corrected chi connectivity index (χ4v) is 6.18. The van der Waals surface area contributed by atoms with E-state index in [1.54, 1.807) is 42.5 Å². The Morgan fingerprint density at radius 3 is 2.02 bits per heavy atom. The number of fused-ring (bicyclic) bond motifs is 3. The van der Waals surface area contributed by atoms with E-state index in [1.165, 1.54) is 26.0 Å². The molecule has 2 heterocycles. The lowest BCUT2D eigenvalue weighted by Crippen LogP contribution is -2.62. The number of ether oxygens (including phenoxy) is 3. The first-order chi connectivity index (χ1) is 20.0. The number of alkyl halides is 3. The molecule has 2 aliphatic rings. The van der Waals surface area contributed by atoms with E-state index >= 15 is 0 Å². The van der Waals surface area contributed by atoms with Crippen LogP contribution < -0.4 is 10.1 Å². The zero-order chi connectivity index (χ0) is 30.3. The van der Waals surface area contributed by atoms with Crippen molar-refractivity contribution >= 4 is 11.9 Å². The molecular weight excluding hydrogens is 557 g/mol. The minimum atomic E-state index is -4.65. The summed E-state index contributed by atoms with van der Waals surface area (Å²) in [5.41, 5.74) is -5.16. The minimum Gasteiger partial charge on any atom is -0.478 e. The van der Waals surface area contributed by atoms with E-state index in [0.717, 1.165) is 24.3 Å². The van der Waals surface area contributed by atoms with Crippen LogP contribution in [0.2, 0.25) is 0 Å². The van der Waals surface area contributed by atoms with Crippen molar-refractivity contribution in [2.45, 2.75) is 49.2 Å². The zero-order valence-corrected chi connectivity index (χ0v) is 22.6. The van der Waals surface area contributed by atoms with Gasteiger partial charge in [-0.05, 0) is 43.2 Å². The van der Waals surface area contributed by atoms with Crippen molar-refractivity contribution < 1.29 is 41.9 Å². The number of para-hydroxylation sites is 1. The smallest absolute Gasteiger partial charge is 0.416 e. The van der Waals surface area contributed by atoms with Crippen molar-refractivity contribution in [3.05, 3.63) is 111 Å². The van der Waals surface area contributed by atoms with Crippen molar-refractivity contribution in [2.75, 3.05) is 13.2 Å². The summed E-state index contributed by atoms with van der Waals surface area (Å²) in [5.74, 6) is -3.61. The van der Waals surface area contributed by atoms with Crippen LogP contribution in [0.25, 0.3) is 0 Å². The molecule has 1 N–H and O–H groups in total. The molecule has 0 radical (unpaired) electrons. The van der Waals surface area contributed by atoms with Crippen molar-refractivity contribution in [2.24, 2.45) is 0 Å². The minimum absolute atomic E-state index is 0.0467. The van der Waals surface area contributed by atoms with Crippen LogP contribution in [-0.4, -0.2) is 41.2 Å². The largest absolute Gasteiger partial charge is 0.478 e. The highest BCUT2D eigenvalue weighted by Crippen LogP contribution is 2.63. The summed E-state index contributed by atoms with van der Waals surface area (Å²) in [6.45, 7) is 2.78. The molecule has 0 saturated carbocycles. The van der Waals surface area contributed by atoms with E-state index in [9.17, 15) is 32.9 Å². The lowest BCUT2D eigenvalue weighted by Gasteiger charge is -2.43. The Balaban J connectivity index is 1.88. The molecule has 3 aromatic carbocycles. The third-order valence-corrected chi connectivity index (χ3v) is 7.81. The summed E-state index contributed by atoms with van der Waals surface area (Å²) in [6.07, 6.45) is -6.20. The molecule has 220 valence electrons. The van der Waals surface area contributed by atoms with Crippen LogP contribution in [0.4, 0.5) is 13.2 Å². The first-order valence-electron chi connectivity index (χ1n) is 13.3. The zero-order valence-electron chi connectivity index (χ0n) is 22.6. The van der Waals surface area contributed by atoms with Crippen LogP contribution >= 0.6 is 0 Å². The maximum Gasteiger partial charge on any atom is 0.416 e. The summed E-state index contributed by atoms with van der Waals surface area (Å²) >= 11 is 0. The number of benzene rings is 3. The number of carbonyl (C=O) groups excluding carboxylic acids is 2. The van der Waals surface area contributed by atoms with E-state index in [1.807, 2.05) is 0 Å². The molecule has 0 spiro atoms. The number of nitro groups is 1. The van der Waals surface area contributed by atoms with E-state index in [0.29, 0.717) is 5.56 Å². The van der Waals surface area contributed by atoms with Gasteiger partial charge >= 0.3 is 18.1 Å². The van der Waals surface area contributed by atoms with Gasteiger partial charge in [0.1, 0.15) is 17.7 Å². The van der Waals surface area contributed by atoms with Crippen LogP contribution in [0.5, 0.6) is 5.75 Å². The van der Waals surface area contributed by atoms with Crippen LogP contribution in [0.3, 0.4) is 0 Å². The maximum absolute atomic E-state index is 13.9. The average molecular weight is 585 g/mol. The second-order valence-corrected chi connectivity index (χ2v) is 9.97. The van der Waals surface area contributed by atoms with Gasteiger partial charge in [-0.1, -0.05) is 60.7 Å². The monoisotopic (exact) mass is 584 g/mol. The molecule has 4 atom stereocenters. The Bertz CT molecular complexity index is 1480. The van der Waals surface area contributed by atoms with Gasteiger partial charge in [0.15, 0.2) is 6.10 Å². The summed E-state index contributed by atoms with van der Waals surface area (Å²) in [5, 5.41) is 16.6. The average Bonchev–Trinajstić information content (AvgIpc) is 3.32. The molecule has 0 unspecified atom stereocenters. The second kappa shape index (κ2) is 10.8. The van der Waals surface area contributed by atoms with Crippen molar-refractivity contribution in [1.29, 1.82) is 0 Å². The fraction of sp³-hybridized carbons (Fsp3) is 0.333. The van der Waals surface area contributed by atoms with Crippen molar-refractivity contribution in [3.8, 4) is 5.75 Å². The van der Waals surface area contributed by atoms with E-state index < -0.39 is 57.7 Å². The third-order valence-electron chi connectivity index (χ3n) is 7.81. The number of esters is 2. The number of nitrogens with one attached hydrogen (secondary N) is 1. The van der Waals surface area contributed by atoms with Gasteiger partial charge in [-0.2, -0.15) is 13.2 Å². The van der Waals surface area contributed by atoms with E-state index in [4.69, 9.17) is 14.2 Å². The Morgan fingerprint density at radius 2 is 1.48 bits per heavy atom. The summed E-state index contributed by atoms with van der Waals surface area (Å²) in [4.78, 5) is 40.8. The highest BCUT2D eigenvalue weighted by Gasteiger charge is 2.82. The number of nitrogens with zero attached hydrogens (tertiary/aromatic N) is 1. The molecule has 0 aliphatic carbocycles. The molecule has 1 saturated heterocycles. The van der Waals surface area contributed by atoms with Gasteiger partial charge in [-0.25, -0.2) is 9.59 Å². The van der Waals surface area contributed by atoms with Gasteiger partial charge in [0, 0.05) is 10.5 Å². The van der Waals surface area contributed by atoms with Crippen molar-refractivity contribution in [3.63, 3.8) is 0 Å². The standard InChI is InChI=1S/C30H27F3N2O7/c1-3-40-26(36)28(27(37)41-4-2)23-21-12-8-9-13-22(21)42-25(19-14-16-20(17-15-19)30(31,32)33)29(23,35(38)39)24(34-28)18-10-6-5-7-11-18/h5-17,23-25,34H,3-4H2,1-2H3/t23-,24+,25-,29+/m0/s1. The van der Waals surface area contributed by atoms with Crippen LogP contribution in [0.15, 0.2) is 78.9 Å². The number of hydrogen-bond donors (Lipinski definition) is 1. The highest BCUT2D eigenvalue weighted by atomic mass is 19.4. The molecule has 2 aliphatic heterocycles. The maximum atomic E-state index is 13.9. The molecule has 0 amide bonds. The van der Waals surface area contributed by atoms with Crippen LogP contribution in [-0.2, 0) is 25.2 Å². The Kier molecular flexibility index (Phi) is 7.44. The number of rotatable bonds is 7. The molecule has 12 heteroatoms. The number of halogens is 3. The molecule has 3 aromatic rings. The van der Waals surface area contributed by atoms with Gasteiger partial charge in [-0.3, -0.25) is 15.4 Å². The van der Waals surface area contributed by atoms with Crippen LogP contribution in [0, 0.1) is 10.1 Å². The Labute approximate surface area is 238 Å². The SMILES string of the molecule is CCOC(=O)C1(C(=O)OCC)N[C@H](c2ccccc2)[C@@]2([N+](=O)[O-])[C@H](c3ccc(C(F)(F)F)cc3)Oc3ccccc3[C@@H]12. The van der Waals surface area contributed by atoms with E-state index in [-0.39, 0.29) is 30.1 Å². The molecular formula is C30H27F3N2O7. The van der Waals surface area contributed by atoms with E-state index in [2.05, 4.69) is 5.32 Å². The molecule has 1 fully saturated rings. The summed E-state index contributed by atoms with van der Waals surface area (Å²) < 4.78 is 57.3. The lowest BCUT2D eigenvalue weighted by molar-refractivity contribution is -0.591. The second-order valence-electron chi connectivity index (χ2n) is 9.97. The molecule has 0 bridgehead atoms. The summed E-state index contributed by atoms with van der Waals surface area (Å²) in [6, 6.07) is 16.9. The third kappa shape index (κ3) is 4.28. The normalized spacial score (nSPS) is 24.1. The molecule has 0 aromatic heterocycles. The highest BCUT2D eigenvalue weighted by molar-refractivity contribution is 6.07. The Morgan fingerprint density at radius 1 is 0.905 bits per heavy atom. The van der Waals surface area contributed by atoms with Gasteiger partial charge in [0.2, 0.25) is 5.54 Å². The van der Waals surface area contributed by atoms with Gasteiger partial charge in [0.05, 0.1) is 18.8 Å². The number of carbonyl (C=O) groups is 2. The predicted molar refractivity (Wildman–Crippen MR) is 142 cm³/mol. The van der Waals surface area contributed by atoms with Crippen LogP contribution in [0.1, 0.15) is 54.2 Å². The number of hydrogen-bond acceptors (Lipinski definition) is 8. The summed E-state index contributed by atoms with van der Waals surface area (Å²) in [7, 11) is 0. The van der Waals surface area contributed by atoms with Gasteiger partial charge in [-0.15, -0.1) is 0 Å². The Hall–Kier alpha value is -4.45. The first kappa shape index (κ1) is 29.1. The fourth-order valence-electron chi connectivity index (χ4n) is 6.18. The lowest BCUT2D eigenvalue weighted by atomic mass is 9.63. The molecule has 9 nitrogen and oxygen atoms in total. The first-order valence-corrected chi connectivity index (χ1v) is 13.3. The van der Waals surface area contributed by atoms with Gasteiger partial charge in [0.25, 0.3) is 5.54 Å². The van der Waals surface area contributed by atoms with Gasteiger partial charge < -0.3 is 14.2 Å². The molecule has 5 rings (SSSR count). The topological polar surface area (TPSA) is 117 Å². The predicted octanol–water partition coefficient (Wildman–Crippen LogP) is 5.15. The van der Waals surface area contributed by atoms with Crippen molar-refractivity contribution in [1.82, 2.24) is 5.32 Å².